The first-order valence-electron chi connectivity index (χ1n) is 7.18. The standard InChI is InChI=1S/C18H20O4S/c1-3-13-18(14-19,15-9-11-16(22-2)12-10-15)23(20,21)17-7-5-4-6-8-17/h3-12,19H,1,13-14H2,2H3. The number of aliphatic hydroxyl groups is 1. The van der Waals surface area contributed by atoms with Crippen molar-refractivity contribution < 1.29 is 18.3 Å². The predicted molar refractivity (Wildman–Crippen MR) is 90.2 cm³/mol. The maximum absolute atomic E-state index is 13.2. The van der Waals surface area contributed by atoms with E-state index in [1.165, 1.54) is 18.2 Å². The van der Waals surface area contributed by atoms with Crippen LogP contribution in [-0.2, 0) is 14.6 Å². The van der Waals surface area contributed by atoms with Gasteiger partial charge < -0.3 is 9.84 Å². The van der Waals surface area contributed by atoms with Gasteiger partial charge in [0, 0.05) is 0 Å². The third-order valence-electron chi connectivity index (χ3n) is 3.91. The fourth-order valence-electron chi connectivity index (χ4n) is 2.58. The van der Waals surface area contributed by atoms with Crippen LogP contribution >= 0.6 is 0 Å². The predicted octanol–water partition coefficient (Wildman–Crippen LogP) is 2.93. The molecule has 0 aromatic heterocycles. The Balaban J connectivity index is 2.65. The number of sulfone groups is 1. The molecule has 1 atom stereocenters. The van der Waals surface area contributed by atoms with Crippen LogP contribution in [0.2, 0.25) is 0 Å². The molecule has 0 radical (unpaired) electrons. The van der Waals surface area contributed by atoms with Crippen LogP contribution < -0.4 is 4.74 Å². The maximum Gasteiger partial charge on any atom is 0.190 e. The van der Waals surface area contributed by atoms with E-state index >= 15 is 0 Å². The van der Waals surface area contributed by atoms with Gasteiger partial charge in [-0.15, -0.1) is 6.58 Å². The summed E-state index contributed by atoms with van der Waals surface area (Å²) in [5, 5.41) is 10.0. The highest BCUT2D eigenvalue weighted by Gasteiger charge is 2.45. The van der Waals surface area contributed by atoms with E-state index in [2.05, 4.69) is 6.58 Å². The Kier molecular flexibility index (Phi) is 5.23. The second kappa shape index (κ2) is 6.98. The molecule has 23 heavy (non-hydrogen) atoms. The van der Waals surface area contributed by atoms with Gasteiger partial charge in [0.1, 0.15) is 10.5 Å². The Morgan fingerprint density at radius 2 is 1.74 bits per heavy atom. The van der Waals surface area contributed by atoms with Crippen LogP contribution in [-0.4, -0.2) is 27.2 Å². The third-order valence-corrected chi connectivity index (χ3v) is 6.37. The van der Waals surface area contributed by atoms with Crippen molar-refractivity contribution in [3.8, 4) is 5.75 Å². The quantitative estimate of drug-likeness (QED) is 0.792. The van der Waals surface area contributed by atoms with Gasteiger partial charge in [-0.2, -0.15) is 0 Å². The molecule has 0 amide bonds. The lowest BCUT2D eigenvalue weighted by Crippen LogP contribution is -2.39. The SMILES string of the molecule is C=CCC(CO)(c1ccc(OC)cc1)S(=O)(=O)c1ccccc1. The summed E-state index contributed by atoms with van der Waals surface area (Å²) in [7, 11) is -2.27. The van der Waals surface area contributed by atoms with Gasteiger partial charge in [-0.3, -0.25) is 0 Å². The summed E-state index contributed by atoms with van der Waals surface area (Å²) in [5.41, 5.74) is 0.504. The molecule has 0 aliphatic rings. The summed E-state index contributed by atoms with van der Waals surface area (Å²) in [6, 6.07) is 14.8. The molecule has 0 bridgehead atoms. The molecule has 4 nitrogen and oxygen atoms in total. The van der Waals surface area contributed by atoms with Gasteiger partial charge in [-0.05, 0) is 36.2 Å². The summed E-state index contributed by atoms with van der Waals surface area (Å²) >= 11 is 0. The van der Waals surface area contributed by atoms with Crippen LogP contribution in [0.4, 0.5) is 0 Å². The van der Waals surface area contributed by atoms with Crippen LogP contribution in [0.1, 0.15) is 12.0 Å². The smallest absolute Gasteiger partial charge is 0.190 e. The Labute approximate surface area is 137 Å². The summed E-state index contributed by atoms with van der Waals surface area (Å²) in [6.45, 7) is 3.12. The minimum atomic E-state index is -3.81. The van der Waals surface area contributed by atoms with E-state index in [0.717, 1.165) is 0 Å². The zero-order valence-electron chi connectivity index (χ0n) is 13.0. The van der Waals surface area contributed by atoms with Gasteiger partial charge in [0.15, 0.2) is 9.84 Å². The van der Waals surface area contributed by atoms with Crippen molar-refractivity contribution in [2.24, 2.45) is 0 Å². The lowest BCUT2D eigenvalue weighted by molar-refractivity contribution is 0.241. The van der Waals surface area contributed by atoms with E-state index in [1.807, 2.05) is 0 Å². The lowest BCUT2D eigenvalue weighted by Gasteiger charge is -2.31. The fraction of sp³-hybridized carbons (Fsp3) is 0.222. The van der Waals surface area contributed by atoms with Gasteiger partial charge in [0.2, 0.25) is 0 Å². The van der Waals surface area contributed by atoms with Crippen LogP contribution in [0.25, 0.3) is 0 Å². The molecule has 5 heteroatoms. The van der Waals surface area contributed by atoms with Crippen LogP contribution in [0.3, 0.4) is 0 Å². The van der Waals surface area contributed by atoms with Crippen molar-refractivity contribution >= 4 is 9.84 Å². The van der Waals surface area contributed by atoms with E-state index in [1.54, 1.807) is 49.6 Å². The number of allylic oxidation sites excluding steroid dienone is 1. The molecule has 122 valence electrons. The Morgan fingerprint density at radius 3 is 2.22 bits per heavy atom. The first-order valence-corrected chi connectivity index (χ1v) is 8.66. The molecule has 2 aromatic rings. The number of rotatable bonds is 7. The van der Waals surface area contributed by atoms with E-state index in [9.17, 15) is 13.5 Å². The van der Waals surface area contributed by atoms with Gasteiger partial charge in [0.05, 0.1) is 18.6 Å². The second-order valence-corrected chi connectivity index (χ2v) is 7.45. The molecular weight excluding hydrogens is 312 g/mol. The van der Waals surface area contributed by atoms with Gasteiger partial charge in [-0.1, -0.05) is 36.4 Å². The molecule has 2 rings (SSSR count). The van der Waals surface area contributed by atoms with Gasteiger partial charge >= 0.3 is 0 Å². The minimum absolute atomic E-state index is 0.104. The van der Waals surface area contributed by atoms with Crippen molar-refractivity contribution in [2.75, 3.05) is 13.7 Å². The van der Waals surface area contributed by atoms with Crippen LogP contribution in [0.15, 0.2) is 72.1 Å². The van der Waals surface area contributed by atoms with Crippen LogP contribution in [0.5, 0.6) is 5.75 Å². The minimum Gasteiger partial charge on any atom is -0.497 e. The Morgan fingerprint density at radius 1 is 1.13 bits per heavy atom. The van der Waals surface area contributed by atoms with Crippen molar-refractivity contribution in [3.05, 3.63) is 72.8 Å². The van der Waals surface area contributed by atoms with Gasteiger partial charge in [-0.25, -0.2) is 8.42 Å². The summed E-state index contributed by atoms with van der Waals surface area (Å²) in [4.78, 5) is 0.173. The normalized spacial score (nSPS) is 14.0. The molecular formula is C18H20O4S. The van der Waals surface area contributed by atoms with Crippen molar-refractivity contribution in [2.45, 2.75) is 16.1 Å². The van der Waals surface area contributed by atoms with E-state index in [-0.39, 0.29) is 11.3 Å². The van der Waals surface area contributed by atoms with Crippen LogP contribution in [0, 0.1) is 0 Å². The molecule has 1 N–H and O–H groups in total. The van der Waals surface area contributed by atoms with Crippen molar-refractivity contribution in [1.29, 1.82) is 0 Å². The molecule has 0 heterocycles. The molecule has 0 saturated carbocycles. The zero-order valence-corrected chi connectivity index (χ0v) is 13.8. The number of hydrogen-bond donors (Lipinski definition) is 1. The molecule has 0 aliphatic heterocycles. The molecule has 0 spiro atoms. The number of aliphatic hydroxyl groups excluding tert-OH is 1. The second-order valence-electron chi connectivity index (χ2n) is 5.19. The maximum atomic E-state index is 13.2. The van der Waals surface area contributed by atoms with E-state index < -0.39 is 21.2 Å². The first kappa shape index (κ1) is 17.2. The topological polar surface area (TPSA) is 63.6 Å². The Bertz CT molecular complexity index is 751. The average Bonchev–Trinajstić information content (AvgIpc) is 2.60. The molecule has 2 aromatic carbocycles. The summed E-state index contributed by atoms with van der Waals surface area (Å²) in [5.74, 6) is 0.622. The highest BCUT2D eigenvalue weighted by Crippen LogP contribution is 2.39. The van der Waals surface area contributed by atoms with E-state index in [4.69, 9.17) is 4.74 Å². The molecule has 1 unspecified atom stereocenters. The molecule has 0 fully saturated rings. The summed E-state index contributed by atoms with van der Waals surface area (Å²) in [6.07, 6.45) is 1.62. The highest BCUT2D eigenvalue weighted by atomic mass is 32.2. The number of hydrogen-bond acceptors (Lipinski definition) is 4. The third kappa shape index (κ3) is 3.02. The Hall–Kier alpha value is -2.11. The number of ether oxygens (including phenoxy) is 1. The fourth-order valence-corrected chi connectivity index (χ4v) is 4.50. The van der Waals surface area contributed by atoms with E-state index in [0.29, 0.717) is 11.3 Å². The zero-order chi connectivity index (χ0) is 16.9. The average molecular weight is 332 g/mol. The van der Waals surface area contributed by atoms with Gasteiger partial charge in [0.25, 0.3) is 0 Å². The van der Waals surface area contributed by atoms with Crippen molar-refractivity contribution in [3.63, 3.8) is 0 Å². The largest absolute Gasteiger partial charge is 0.497 e. The monoisotopic (exact) mass is 332 g/mol. The number of methoxy groups -OCH3 is 1. The number of benzene rings is 2. The lowest BCUT2D eigenvalue weighted by atomic mass is 9.95. The molecule has 0 saturated heterocycles. The highest BCUT2D eigenvalue weighted by molar-refractivity contribution is 7.92. The first-order chi connectivity index (χ1) is 11.0. The summed E-state index contributed by atoms with van der Waals surface area (Å²) < 4.78 is 30.0. The van der Waals surface area contributed by atoms with Crippen molar-refractivity contribution in [1.82, 2.24) is 0 Å². The molecule has 0 aliphatic carbocycles.